The van der Waals surface area contributed by atoms with Crippen molar-refractivity contribution >= 4 is 50.5 Å². The van der Waals surface area contributed by atoms with Gasteiger partial charge in [-0.3, -0.25) is 0 Å². The van der Waals surface area contributed by atoms with E-state index in [9.17, 15) is 9.00 Å². The van der Waals surface area contributed by atoms with Gasteiger partial charge in [0.1, 0.15) is 5.82 Å². The zero-order chi connectivity index (χ0) is 25.4. The highest BCUT2D eigenvalue weighted by atomic mass is 32.2. The highest BCUT2D eigenvalue weighted by molar-refractivity contribution is 7.99. The Morgan fingerprint density at radius 2 is 2.08 bits per heavy atom. The number of aromatic nitrogens is 4. The molecule has 10 nitrogen and oxygen atoms in total. The Hall–Kier alpha value is -3.90. The number of carbonyl (C=O) groups excluding carboxylic acids is 1. The number of rotatable bonds is 11. The van der Waals surface area contributed by atoms with Gasteiger partial charge in [0.2, 0.25) is 5.95 Å². The van der Waals surface area contributed by atoms with Crippen LogP contribution in [0.3, 0.4) is 0 Å². The van der Waals surface area contributed by atoms with Crippen LogP contribution in [0.25, 0.3) is 10.4 Å². The first-order chi connectivity index (χ1) is 17.4. The van der Waals surface area contributed by atoms with Gasteiger partial charge in [0.15, 0.2) is 0 Å². The van der Waals surface area contributed by atoms with E-state index in [0.717, 1.165) is 35.8 Å². The molecule has 0 saturated heterocycles. The SMILES string of the molecule is C=S(=O)(NC(=O)OCC)c1ccc(Nc2ncc(-c3cccs3)c(NCCCn3ccnc3)n2)cc1. The normalized spacial score (nSPS) is 12.5. The van der Waals surface area contributed by atoms with Gasteiger partial charge in [0.05, 0.1) is 28.2 Å². The second-order valence-corrected chi connectivity index (χ2v) is 10.6. The summed E-state index contributed by atoms with van der Waals surface area (Å²) in [6.07, 6.45) is 7.43. The number of nitrogens with one attached hydrogen (secondary N) is 3. The quantitative estimate of drug-likeness (QED) is 0.195. The fraction of sp³-hybridized carbons (Fsp3) is 0.208. The summed E-state index contributed by atoms with van der Waals surface area (Å²) < 4.78 is 21.9. The van der Waals surface area contributed by atoms with Gasteiger partial charge >= 0.3 is 6.09 Å². The lowest BCUT2D eigenvalue weighted by Crippen LogP contribution is -2.30. The molecule has 4 rings (SSSR count). The highest BCUT2D eigenvalue weighted by Gasteiger charge is 2.14. The molecule has 4 aromatic rings. The first-order valence-electron chi connectivity index (χ1n) is 11.2. The van der Waals surface area contributed by atoms with Crippen molar-refractivity contribution in [3.8, 4) is 10.4 Å². The first-order valence-corrected chi connectivity index (χ1v) is 13.8. The summed E-state index contributed by atoms with van der Waals surface area (Å²) in [5.74, 6) is 4.78. The van der Waals surface area contributed by atoms with E-state index in [2.05, 4.69) is 31.2 Å². The van der Waals surface area contributed by atoms with Crippen LogP contribution in [0.5, 0.6) is 0 Å². The van der Waals surface area contributed by atoms with Gasteiger partial charge < -0.3 is 19.9 Å². The lowest BCUT2D eigenvalue weighted by molar-refractivity contribution is 0.159. The van der Waals surface area contributed by atoms with Crippen molar-refractivity contribution in [1.82, 2.24) is 24.2 Å². The minimum absolute atomic E-state index is 0.178. The third kappa shape index (κ3) is 6.61. The van der Waals surface area contributed by atoms with Gasteiger partial charge in [-0.15, -0.1) is 11.3 Å². The van der Waals surface area contributed by atoms with Crippen LogP contribution in [-0.4, -0.2) is 48.8 Å². The highest BCUT2D eigenvalue weighted by Crippen LogP contribution is 2.31. The monoisotopic (exact) mass is 525 g/mol. The second-order valence-electron chi connectivity index (χ2n) is 7.66. The number of carbonyl (C=O) groups is 1. The molecular weight excluding hydrogens is 498 g/mol. The van der Waals surface area contributed by atoms with Crippen LogP contribution in [0.1, 0.15) is 13.3 Å². The third-order valence-electron chi connectivity index (χ3n) is 5.03. The lowest BCUT2D eigenvalue weighted by atomic mass is 10.2. The summed E-state index contributed by atoms with van der Waals surface area (Å²) in [7, 11) is -3.04. The standard InChI is InChI=1S/C24H27N7O3S2/c1-3-34-24(32)30-36(2,33)19-9-7-18(8-10-19)28-23-27-16-20(21-6-4-15-35-21)22(29-23)26-11-5-13-31-14-12-25-17-31/h4,6-10,12,14-17H,2-3,5,11,13H2,1H3,(H,30,32,33)(H2,26,27,28,29). The molecule has 0 bridgehead atoms. The van der Waals surface area contributed by atoms with Gasteiger partial charge in [0, 0.05) is 47.1 Å². The lowest BCUT2D eigenvalue weighted by Gasteiger charge is -2.14. The Morgan fingerprint density at radius 3 is 2.78 bits per heavy atom. The number of nitrogens with zero attached hydrogens (tertiary/aromatic N) is 4. The number of hydrogen-bond acceptors (Lipinski definition) is 9. The Morgan fingerprint density at radius 1 is 1.25 bits per heavy atom. The van der Waals surface area contributed by atoms with E-state index in [1.807, 2.05) is 28.3 Å². The second kappa shape index (κ2) is 11.7. The molecule has 0 aliphatic heterocycles. The third-order valence-corrected chi connectivity index (χ3v) is 7.47. The van der Waals surface area contributed by atoms with E-state index >= 15 is 0 Å². The van der Waals surface area contributed by atoms with Gasteiger partial charge in [-0.2, -0.15) is 4.98 Å². The fourth-order valence-electron chi connectivity index (χ4n) is 3.32. The molecule has 3 aromatic heterocycles. The number of benzene rings is 1. The molecule has 0 saturated carbocycles. The molecule has 12 heteroatoms. The number of ether oxygens (including phenoxy) is 1. The molecule has 0 radical (unpaired) electrons. The summed E-state index contributed by atoms with van der Waals surface area (Å²) in [6.45, 7) is 3.43. The molecule has 1 amide bonds. The number of anilines is 3. The van der Waals surface area contributed by atoms with Gasteiger partial charge in [-0.1, -0.05) is 6.07 Å². The minimum atomic E-state index is -3.04. The summed E-state index contributed by atoms with van der Waals surface area (Å²) >= 11 is 1.62. The average Bonchev–Trinajstić information content (AvgIpc) is 3.57. The van der Waals surface area contributed by atoms with E-state index in [1.54, 1.807) is 61.2 Å². The topological polar surface area (TPSA) is 123 Å². The Balaban J connectivity index is 1.46. The summed E-state index contributed by atoms with van der Waals surface area (Å²) in [4.78, 5) is 26.3. The molecule has 0 aliphatic carbocycles. The summed E-state index contributed by atoms with van der Waals surface area (Å²) in [5, 5.41) is 8.62. The number of aryl methyl sites for hydroxylation is 1. The van der Waals surface area contributed by atoms with Crippen LogP contribution in [-0.2, 0) is 21.0 Å². The largest absolute Gasteiger partial charge is 0.449 e. The Labute approximate surface area is 213 Å². The molecule has 3 heterocycles. The number of imidazole rings is 1. The van der Waals surface area contributed by atoms with Crippen molar-refractivity contribution in [2.75, 3.05) is 23.8 Å². The van der Waals surface area contributed by atoms with Crippen molar-refractivity contribution < 1.29 is 13.7 Å². The number of amides is 1. The predicted octanol–water partition coefficient (Wildman–Crippen LogP) is 4.38. The Bertz CT molecular complexity index is 1370. The first kappa shape index (κ1) is 25.2. The van der Waals surface area contributed by atoms with Crippen LogP contribution in [0.2, 0.25) is 0 Å². The summed E-state index contributed by atoms with van der Waals surface area (Å²) in [5.41, 5.74) is 1.62. The minimum Gasteiger partial charge on any atom is -0.449 e. The van der Waals surface area contributed by atoms with E-state index < -0.39 is 15.8 Å². The van der Waals surface area contributed by atoms with Crippen molar-refractivity contribution in [2.24, 2.45) is 0 Å². The molecule has 3 N–H and O–H groups in total. The van der Waals surface area contributed by atoms with Gasteiger partial charge in [-0.05, 0) is 54.9 Å². The molecule has 36 heavy (non-hydrogen) atoms. The molecule has 0 fully saturated rings. The zero-order valence-corrected chi connectivity index (χ0v) is 21.3. The maximum Gasteiger partial charge on any atom is 0.418 e. The molecule has 1 atom stereocenters. The number of hydrogen-bond donors (Lipinski definition) is 3. The molecule has 0 aliphatic rings. The maximum atomic E-state index is 12.8. The van der Waals surface area contributed by atoms with Crippen LogP contribution in [0.4, 0.5) is 22.2 Å². The predicted molar refractivity (Wildman–Crippen MR) is 144 cm³/mol. The zero-order valence-electron chi connectivity index (χ0n) is 19.7. The molecular formula is C24H27N7O3S2. The van der Waals surface area contributed by atoms with Crippen LogP contribution >= 0.6 is 11.3 Å². The van der Waals surface area contributed by atoms with Crippen molar-refractivity contribution in [3.63, 3.8) is 0 Å². The van der Waals surface area contributed by atoms with E-state index in [1.165, 1.54) is 0 Å². The molecule has 1 unspecified atom stereocenters. The van der Waals surface area contributed by atoms with E-state index in [-0.39, 0.29) is 6.61 Å². The number of thiophene rings is 1. The van der Waals surface area contributed by atoms with Crippen molar-refractivity contribution in [3.05, 3.63) is 66.7 Å². The smallest absolute Gasteiger partial charge is 0.418 e. The summed E-state index contributed by atoms with van der Waals surface area (Å²) in [6, 6.07) is 10.7. The Kier molecular flexibility index (Phi) is 8.18. The van der Waals surface area contributed by atoms with Crippen molar-refractivity contribution in [2.45, 2.75) is 24.8 Å². The molecule has 188 valence electrons. The van der Waals surface area contributed by atoms with Crippen LogP contribution in [0.15, 0.2) is 71.6 Å². The van der Waals surface area contributed by atoms with Crippen LogP contribution < -0.4 is 15.4 Å². The molecule has 0 spiro atoms. The maximum absolute atomic E-state index is 12.8. The van der Waals surface area contributed by atoms with Crippen LogP contribution in [0, 0.1) is 0 Å². The van der Waals surface area contributed by atoms with Gasteiger partial charge in [0.25, 0.3) is 0 Å². The van der Waals surface area contributed by atoms with Gasteiger partial charge in [-0.25, -0.2) is 23.7 Å². The van der Waals surface area contributed by atoms with E-state index in [0.29, 0.717) is 16.5 Å². The van der Waals surface area contributed by atoms with E-state index in [4.69, 9.17) is 9.72 Å². The average molecular weight is 526 g/mol. The fourth-order valence-corrected chi connectivity index (χ4v) is 5.08. The molecule has 1 aromatic carbocycles. The van der Waals surface area contributed by atoms with Crippen molar-refractivity contribution in [1.29, 1.82) is 0 Å².